The van der Waals surface area contributed by atoms with Crippen LogP contribution >= 0.6 is 15.9 Å². The minimum absolute atomic E-state index is 0.138. The molecule has 1 aliphatic rings. The standard InChI is InChI=1S/C12H16BrNO/c13-12-6-2-1-4-10(12)8-14-7-3-5-11(15)9-14/h1-2,4,6,11,15H,3,5,7-9H2. The Hall–Kier alpha value is -0.380. The molecule has 0 radical (unpaired) electrons. The summed E-state index contributed by atoms with van der Waals surface area (Å²) in [5.41, 5.74) is 1.30. The second-order valence-electron chi connectivity index (χ2n) is 4.12. The molecule has 1 aromatic rings. The van der Waals surface area contributed by atoms with Crippen LogP contribution in [0.5, 0.6) is 0 Å². The molecule has 1 aliphatic heterocycles. The maximum absolute atomic E-state index is 9.57. The average Bonchev–Trinajstić information content (AvgIpc) is 2.22. The molecule has 0 aliphatic carbocycles. The molecule has 0 saturated carbocycles. The molecular formula is C12H16BrNO. The van der Waals surface area contributed by atoms with Crippen LogP contribution in [0.25, 0.3) is 0 Å². The molecule has 15 heavy (non-hydrogen) atoms. The first kappa shape index (κ1) is 11.1. The van der Waals surface area contributed by atoms with Gasteiger partial charge in [-0.15, -0.1) is 0 Å². The SMILES string of the molecule is OC1CCCN(Cc2ccccc2Br)C1. The molecule has 0 bridgehead atoms. The molecule has 1 atom stereocenters. The monoisotopic (exact) mass is 269 g/mol. The highest BCUT2D eigenvalue weighted by Gasteiger charge is 2.17. The van der Waals surface area contributed by atoms with Crippen molar-refractivity contribution in [3.8, 4) is 0 Å². The van der Waals surface area contributed by atoms with Gasteiger partial charge in [-0.3, -0.25) is 4.90 Å². The van der Waals surface area contributed by atoms with E-state index < -0.39 is 0 Å². The third kappa shape index (κ3) is 3.03. The largest absolute Gasteiger partial charge is 0.392 e. The first-order chi connectivity index (χ1) is 7.25. The van der Waals surface area contributed by atoms with E-state index in [1.54, 1.807) is 0 Å². The van der Waals surface area contributed by atoms with Gasteiger partial charge in [0.2, 0.25) is 0 Å². The maximum Gasteiger partial charge on any atom is 0.0667 e. The zero-order valence-corrected chi connectivity index (χ0v) is 10.3. The summed E-state index contributed by atoms with van der Waals surface area (Å²) in [5, 5.41) is 9.57. The van der Waals surface area contributed by atoms with Gasteiger partial charge >= 0.3 is 0 Å². The van der Waals surface area contributed by atoms with Gasteiger partial charge in [0.25, 0.3) is 0 Å². The van der Waals surface area contributed by atoms with Crippen LogP contribution in [0.1, 0.15) is 18.4 Å². The van der Waals surface area contributed by atoms with Crippen molar-refractivity contribution < 1.29 is 5.11 Å². The number of likely N-dealkylation sites (tertiary alicyclic amines) is 1. The summed E-state index contributed by atoms with van der Waals surface area (Å²) < 4.78 is 1.16. The maximum atomic E-state index is 9.57. The Morgan fingerprint density at radius 3 is 2.93 bits per heavy atom. The number of nitrogens with zero attached hydrogens (tertiary/aromatic N) is 1. The van der Waals surface area contributed by atoms with E-state index in [1.807, 2.05) is 6.07 Å². The predicted molar refractivity (Wildman–Crippen MR) is 64.7 cm³/mol. The highest BCUT2D eigenvalue weighted by molar-refractivity contribution is 9.10. The lowest BCUT2D eigenvalue weighted by atomic mass is 10.1. The van der Waals surface area contributed by atoms with Crippen molar-refractivity contribution in [1.82, 2.24) is 4.90 Å². The zero-order valence-electron chi connectivity index (χ0n) is 8.69. The predicted octanol–water partition coefficient (Wildman–Crippen LogP) is 2.41. The molecule has 0 spiro atoms. The Morgan fingerprint density at radius 2 is 2.20 bits per heavy atom. The number of aliphatic hydroxyl groups is 1. The summed E-state index contributed by atoms with van der Waals surface area (Å²) in [4.78, 5) is 2.31. The van der Waals surface area contributed by atoms with E-state index in [1.165, 1.54) is 5.56 Å². The van der Waals surface area contributed by atoms with E-state index in [-0.39, 0.29) is 6.10 Å². The molecule has 2 nitrogen and oxygen atoms in total. The van der Waals surface area contributed by atoms with Crippen LogP contribution in [-0.4, -0.2) is 29.2 Å². The molecule has 1 heterocycles. The Morgan fingerprint density at radius 1 is 1.40 bits per heavy atom. The zero-order chi connectivity index (χ0) is 10.7. The van der Waals surface area contributed by atoms with E-state index in [2.05, 4.69) is 39.0 Å². The molecule has 0 aromatic heterocycles. The van der Waals surface area contributed by atoms with Crippen LogP contribution in [0.3, 0.4) is 0 Å². The second-order valence-corrected chi connectivity index (χ2v) is 4.98. The van der Waals surface area contributed by atoms with Crippen molar-refractivity contribution in [3.05, 3.63) is 34.3 Å². The molecule has 0 amide bonds. The number of hydrogen-bond donors (Lipinski definition) is 1. The van der Waals surface area contributed by atoms with Gasteiger partial charge in [-0.1, -0.05) is 34.1 Å². The van der Waals surface area contributed by atoms with Crippen molar-refractivity contribution in [1.29, 1.82) is 0 Å². The topological polar surface area (TPSA) is 23.5 Å². The summed E-state index contributed by atoms with van der Waals surface area (Å²) in [6.45, 7) is 2.83. The Labute approximate surface area is 99.0 Å². The number of halogens is 1. The smallest absolute Gasteiger partial charge is 0.0667 e. The fourth-order valence-electron chi connectivity index (χ4n) is 2.04. The molecule has 3 heteroatoms. The summed E-state index contributed by atoms with van der Waals surface area (Å²) >= 11 is 3.55. The Kier molecular flexibility index (Phi) is 3.78. The summed E-state index contributed by atoms with van der Waals surface area (Å²) in [6.07, 6.45) is 1.92. The lowest BCUT2D eigenvalue weighted by Crippen LogP contribution is -2.37. The van der Waals surface area contributed by atoms with Crippen LogP contribution < -0.4 is 0 Å². The van der Waals surface area contributed by atoms with Crippen LogP contribution in [0.2, 0.25) is 0 Å². The van der Waals surface area contributed by atoms with Crippen molar-refractivity contribution >= 4 is 15.9 Å². The first-order valence-corrected chi connectivity index (χ1v) is 6.19. The van der Waals surface area contributed by atoms with E-state index in [9.17, 15) is 5.11 Å². The molecule has 2 rings (SSSR count). The second kappa shape index (κ2) is 5.10. The number of benzene rings is 1. The van der Waals surface area contributed by atoms with Crippen LogP contribution in [0.15, 0.2) is 28.7 Å². The van der Waals surface area contributed by atoms with Crippen molar-refractivity contribution in [2.24, 2.45) is 0 Å². The van der Waals surface area contributed by atoms with Gasteiger partial charge in [-0.2, -0.15) is 0 Å². The lowest BCUT2D eigenvalue weighted by molar-refractivity contribution is 0.0667. The number of β-amino-alcohol motifs (C(OH)–C–C–N with tert-alkyl or cyclic N) is 1. The van der Waals surface area contributed by atoms with E-state index in [0.717, 1.165) is 36.9 Å². The lowest BCUT2D eigenvalue weighted by Gasteiger charge is -2.30. The molecule has 82 valence electrons. The average molecular weight is 270 g/mol. The number of hydrogen-bond acceptors (Lipinski definition) is 2. The van der Waals surface area contributed by atoms with Gasteiger partial charge < -0.3 is 5.11 Å². The summed E-state index contributed by atoms with van der Waals surface area (Å²) in [5.74, 6) is 0. The third-order valence-electron chi connectivity index (χ3n) is 2.83. The fourth-order valence-corrected chi connectivity index (χ4v) is 2.45. The normalized spacial score (nSPS) is 22.9. The molecular weight excluding hydrogens is 254 g/mol. The minimum Gasteiger partial charge on any atom is -0.392 e. The highest BCUT2D eigenvalue weighted by Crippen LogP contribution is 2.20. The van der Waals surface area contributed by atoms with Gasteiger partial charge in [0.1, 0.15) is 0 Å². The molecule has 1 saturated heterocycles. The molecule has 1 aromatic carbocycles. The summed E-state index contributed by atoms with van der Waals surface area (Å²) in [6, 6.07) is 8.28. The van der Waals surface area contributed by atoms with Gasteiger partial charge in [0.15, 0.2) is 0 Å². The number of aliphatic hydroxyl groups excluding tert-OH is 1. The Bertz CT molecular complexity index is 329. The van der Waals surface area contributed by atoms with Crippen molar-refractivity contribution in [2.45, 2.75) is 25.5 Å². The van der Waals surface area contributed by atoms with E-state index >= 15 is 0 Å². The minimum atomic E-state index is -0.138. The van der Waals surface area contributed by atoms with Gasteiger partial charge in [0, 0.05) is 17.6 Å². The molecule has 1 unspecified atom stereocenters. The third-order valence-corrected chi connectivity index (χ3v) is 3.61. The highest BCUT2D eigenvalue weighted by atomic mass is 79.9. The van der Waals surface area contributed by atoms with Crippen molar-refractivity contribution in [2.75, 3.05) is 13.1 Å². The van der Waals surface area contributed by atoms with Gasteiger partial charge in [-0.05, 0) is 31.0 Å². The fraction of sp³-hybridized carbons (Fsp3) is 0.500. The number of piperidine rings is 1. The van der Waals surface area contributed by atoms with Crippen molar-refractivity contribution in [3.63, 3.8) is 0 Å². The van der Waals surface area contributed by atoms with E-state index in [0.29, 0.717) is 0 Å². The molecule has 1 fully saturated rings. The van der Waals surface area contributed by atoms with Crippen LogP contribution in [0.4, 0.5) is 0 Å². The first-order valence-electron chi connectivity index (χ1n) is 5.39. The van der Waals surface area contributed by atoms with Crippen LogP contribution in [0, 0.1) is 0 Å². The van der Waals surface area contributed by atoms with Crippen LogP contribution in [-0.2, 0) is 6.54 Å². The quantitative estimate of drug-likeness (QED) is 0.892. The summed E-state index contributed by atoms with van der Waals surface area (Å²) in [7, 11) is 0. The van der Waals surface area contributed by atoms with E-state index in [4.69, 9.17) is 0 Å². The molecule has 1 N–H and O–H groups in total. The number of rotatable bonds is 2. The van der Waals surface area contributed by atoms with Gasteiger partial charge in [0.05, 0.1) is 6.10 Å². The van der Waals surface area contributed by atoms with Gasteiger partial charge in [-0.25, -0.2) is 0 Å². The Balaban J connectivity index is 1.99.